The van der Waals surface area contributed by atoms with Gasteiger partial charge in [-0.3, -0.25) is 0 Å². The number of hydrogen-bond acceptors (Lipinski definition) is 1. The van der Waals surface area contributed by atoms with E-state index in [1.165, 1.54) is 0 Å². The van der Waals surface area contributed by atoms with Gasteiger partial charge in [-0.05, 0) is 31.2 Å². The van der Waals surface area contributed by atoms with Gasteiger partial charge in [0.25, 0.3) is 0 Å². The lowest BCUT2D eigenvalue weighted by atomic mass is 9.68. The summed E-state index contributed by atoms with van der Waals surface area (Å²) in [6.45, 7) is 5.42. The molecule has 0 spiro atoms. The van der Waals surface area contributed by atoms with Crippen LogP contribution in [-0.4, -0.2) is 18.3 Å². The molecule has 1 aliphatic rings. The average molecular weight is 246 g/mol. The van der Waals surface area contributed by atoms with Gasteiger partial charge in [-0.2, -0.15) is 13.2 Å². The Morgan fingerprint density at radius 3 is 1.80 bits per heavy atom. The highest BCUT2D eigenvalue weighted by molar-refractivity contribution is 5.85. The Morgan fingerprint density at radius 2 is 1.60 bits per heavy atom. The number of piperidine rings is 1. The second-order valence-corrected chi connectivity index (χ2v) is 5.04. The predicted octanol–water partition coefficient (Wildman–Crippen LogP) is 3.53. The van der Waals surface area contributed by atoms with E-state index in [-0.39, 0.29) is 18.8 Å². The third-order valence-corrected chi connectivity index (χ3v) is 3.17. The maximum Gasteiger partial charge on any atom is 0.407 e. The Bertz CT molecular complexity index is 186. The molecule has 0 aromatic heterocycles. The van der Waals surface area contributed by atoms with Gasteiger partial charge in [0.1, 0.15) is 5.54 Å². The van der Waals surface area contributed by atoms with Crippen molar-refractivity contribution in [2.75, 3.05) is 6.54 Å². The van der Waals surface area contributed by atoms with E-state index in [1.807, 2.05) is 0 Å². The lowest BCUT2D eigenvalue weighted by molar-refractivity contribution is -0.232. The number of rotatable bonds is 0. The zero-order chi connectivity index (χ0) is 11.0. The summed E-state index contributed by atoms with van der Waals surface area (Å²) in [7, 11) is 0. The summed E-state index contributed by atoms with van der Waals surface area (Å²) in [6.07, 6.45) is -2.47. The van der Waals surface area contributed by atoms with Crippen molar-refractivity contribution in [3.05, 3.63) is 0 Å². The molecule has 92 valence electrons. The molecule has 1 heterocycles. The first-order valence-corrected chi connectivity index (χ1v) is 5.02. The van der Waals surface area contributed by atoms with Gasteiger partial charge in [0.15, 0.2) is 0 Å². The minimum atomic E-state index is -4.16. The van der Waals surface area contributed by atoms with Crippen molar-refractivity contribution in [1.29, 1.82) is 0 Å². The Hall–Kier alpha value is 0.0400. The number of nitrogens with one attached hydrogen (secondary N) is 1. The SMILES string of the molecule is CC(C)(C)C1(C(F)(F)F)CCCCN1.Cl. The molecule has 1 aliphatic heterocycles. The molecule has 1 nitrogen and oxygen atoms in total. The normalized spacial score (nSPS) is 28.4. The topological polar surface area (TPSA) is 12.0 Å². The first kappa shape index (κ1) is 15.0. The van der Waals surface area contributed by atoms with Crippen LogP contribution in [0.1, 0.15) is 40.0 Å². The summed E-state index contributed by atoms with van der Waals surface area (Å²) in [5, 5.41) is 2.69. The van der Waals surface area contributed by atoms with E-state index in [0.29, 0.717) is 13.0 Å². The fraction of sp³-hybridized carbons (Fsp3) is 1.00. The highest BCUT2D eigenvalue weighted by Crippen LogP contribution is 2.47. The van der Waals surface area contributed by atoms with Crippen molar-refractivity contribution >= 4 is 12.4 Å². The fourth-order valence-electron chi connectivity index (χ4n) is 2.21. The molecule has 5 heteroatoms. The molecule has 0 amide bonds. The zero-order valence-electron chi connectivity index (χ0n) is 9.37. The second-order valence-electron chi connectivity index (χ2n) is 5.04. The molecule has 1 unspecified atom stereocenters. The van der Waals surface area contributed by atoms with Gasteiger partial charge in [0.2, 0.25) is 0 Å². The third kappa shape index (κ3) is 2.59. The summed E-state index contributed by atoms with van der Waals surface area (Å²) >= 11 is 0. The average Bonchev–Trinajstić information content (AvgIpc) is 2.02. The lowest BCUT2D eigenvalue weighted by Gasteiger charge is -2.48. The second kappa shape index (κ2) is 4.50. The van der Waals surface area contributed by atoms with Crippen molar-refractivity contribution in [2.24, 2.45) is 5.41 Å². The molecule has 0 aromatic carbocycles. The standard InChI is InChI=1S/C10H18F3N.ClH/c1-8(2,3)9(10(11,12)13)6-4-5-7-14-9;/h14H,4-7H2,1-3H3;1H. The largest absolute Gasteiger partial charge is 0.407 e. The quantitative estimate of drug-likeness (QED) is 0.689. The Morgan fingerprint density at radius 1 is 1.07 bits per heavy atom. The first-order chi connectivity index (χ1) is 6.21. The third-order valence-electron chi connectivity index (χ3n) is 3.17. The molecular formula is C10H19ClF3N. The Balaban J connectivity index is 0.00000196. The highest BCUT2D eigenvalue weighted by atomic mass is 35.5. The van der Waals surface area contributed by atoms with Gasteiger partial charge in [0.05, 0.1) is 0 Å². The van der Waals surface area contributed by atoms with Crippen LogP contribution in [0.15, 0.2) is 0 Å². The predicted molar refractivity (Wildman–Crippen MR) is 57.3 cm³/mol. The highest BCUT2D eigenvalue weighted by Gasteiger charge is 2.61. The first-order valence-electron chi connectivity index (χ1n) is 5.02. The molecule has 0 bridgehead atoms. The summed E-state index contributed by atoms with van der Waals surface area (Å²) in [4.78, 5) is 0. The maximum atomic E-state index is 13.0. The summed E-state index contributed by atoms with van der Waals surface area (Å²) < 4.78 is 39.1. The van der Waals surface area contributed by atoms with Gasteiger partial charge in [-0.25, -0.2) is 0 Å². The van der Waals surface area contributed by atoms with Gasteiger partial charge in [-0.1, -0.05) is 20.8 Å². The van der Waals surface area contributed by atoms with Gasteiger partial charge in [0, 0.05) is 0 Å². The van der Waals surface area contributed by atoms with Crippen LogP contribution < -0.4 is 5.32 Å². The molecule has 1 atom stereocenters. The van der Waals surface area contributed by atoms with E-state index >= 15 is 0 Å². The van der Waals surface area contributed by atoms with Gasteiger partial charge >= 0.3 is 6.18 Å². The molecule has 1 rings (SSSR count). The molecule has 1 fully saturated rings. The summed E-state index contributed by atoms with van der Waals surface area (Å²) in [5.41, 5.74) is -2.48. The summed E-state index contributed by atoms with van der Waals surface area (Å²) in [6, 6.07) is 0. The van der Waals surface area contributed by atoms with Crippen LogP contribution in [-0.2, 0) is 0 Å². The maximum absolute atomic E-state index is 13.0. The van der Waals surface area contributed by atoms with E-state index in [2.05, 4.69) is 5.32 Å². The van der Waals surface area contributed by atoms with E-state index in [9.17, 15) is 13.2 Å². The smallest absolute Gasteiger partial charge is 0.303 e. The van der Waals surface area contributed by atoms with Crippen molar-refractivity contribution in [2.45, 2.75) is 51.7 Å². The summed E-state index contributed by atoms with van der Waals surface area (Å²) in [5.74, 6) is 0. The van der Waals surface area contributed by atoms with Gasteiger partial charge < -0.3 is 5.32 Å². The van der Waals surface area contributed by atoms with Crippen LogP contribution in [0.5, 0.6) is 0 Å². The minimum absolute atomic E-state index is 0. The molecule has 0 radical (unpaired) electrons. The van der Waals surface area contributed by atoms with E-state index in [1.54, 1.807) is 20.8 Å². The van der Waals surface area contributed by atoms with Crippen LogP contribution >= 0.6 is 12.4 Å². The number of alkyl halides is 3. The van der Waals surface area contributed by atoms with E-state index in [0.717, 1.165) is 6.42 Å². The zero-order valence-corrected chi connectivity index (χ0v) is 10.2. The van der Waals surface area contributed by atoms with Crippen LogP contribution in [0.4, 0.5) is 13.2 Å². The molecule has 15 heavy (non-hydrogen) atoms. The van der Waals surface area contributed by atoms with Gasteiger partial charge in [-0.15, -0.1) is 12.4 Å². The number of hydrogen-bond donors (Lipinski definition) is 1. The minimum Gasteiger partial charge on any atom is -0.303 e. The van der Waals surface area contributed by atoms with Crippen LogP contribution in [0.3, 0.4) is 0 Å². The molecule has 1 N–H and O–H groups in total. The molecule has 0 saturated carbocycles. The van der Waals surface area contributed by atoms with E-state index in [4.69, 9.17) is 0 Å². The number of halogens is 4. The Kier molecular flexibility index (Phi) is 4.51. The van der Waals surface area contributed by atoms with Crippen molar-refractivity contribution < 1.29 is 13.2 Å². The van der Waals surface area contributed by atoms with Crippen LogP contribution in [0.2, 0.25) is 0 Å². The monoisotopic (exact) mass is 245 g/mol. The molecule has 1 saturated heterocycles. The fourth-order valence-corrected chi connectivity index (χ4v) is 2.21. The van der Waals surface area contributed by atoms with Crippen LogP contribution in [0.25, 0.3) is 0 Å². The van der Waals surface area contributed by atoms with Crippen molar-refractivity contribution in [3.63, 3.8) is 0 Å². The molecular weight excluding hydrogens is 227 g/mol. The lowest BCUT2D eigenvalue weighted by Crippen LogP contribution is -2.66. The molecule has 0 aromatic rings. The van der Waals surface area contributed by atoms with E-state index < -0.39 is 17.1 Å². The molecule has 0 aliphatic carbocycles. The van der Waals surface area contributed by atoms with Crippen LogP contribution in [0, 0.1) is 5.41 Å². The Labute approximate surface area is 95.2 Å². The van der Waals surface area contributed by atoms with Crippen molar-refractivity contribution in [3.8, 4) is 0 Å². The van der Waals surface area contributed by atoms with Crippen molar-refractivity contribution in [1.82, 2.24) is 5.32 Å².